The van der Waals surface area contributed by atoms with Gasteiger partial charge in [0.05, 0.1) is 0 Å². The molecule has 4 heteroatoms. The van der Waals surface area contributed by atoms with Gasteiger partial charge in [-0.15, -0.1) is 0 Å². The third-order valence-electron chi connectivity index (χ3n) is 2.33. The molecule has 0 fully saturated rings. The van der Waals surface area contributed by atoms with Crippen molar-refractivity contribution in [1.82, 2.24) is 10.3 Å². The molecule has 0 spiro atoms. The molecule has 1 aromatic carbocycles. The monoisotopic (exact) mass is 218 g/mol. The molecule has 0 aliphatic carbocycles. The van der Waals surface area contributed by atoms with E-state index < -0.39 is 0 Å². The third kappa shape index (κ3) is 1.74. The molecule has 2 rings (SSSR count). The number of fused-ring (bicyclic) bond motifs is 1. The van der Waals surface area contributed by atoms with Crippen molar-refractivity contribution < 1.29 is 9.90 Å². The average molecular weight is 218 g/mol. The molecular weight excluding hydrogens is 204 g/mol. The van der Waals surface area contributed by atoms with E-state index in [4.69, 9.17) is 0 Å². The van der Waals surface area contributed by atoms with Gasteiger partial charge in [0.2, 0.25) is 0 Å². The van der Waals surface area contributed by atoms with E-state index >= 15 is 0 Å². The van der Waals surface area contributed by atoms with Crippen molar-refractivity contribution in [3.05, 3.63) is 30.0 Å². The van der Waals surface area contributed by atoms with E-state index in [2.05, 4.69) is 10.3 Å². The number of carbonyl (C=O) groups is 1. The fraction of sp³-hybridized carbons (Fsp3) is 0.250. The highest BCUT2D eigenvalue weighted by molar-refractivity contribution is 6.03. The predicted molar refractivity (Wildman–Crippen MR) is 62.6 cm³/mol. The highest BCUT2D eigenvalue weighted by Crippen LogP contribution is 2.28. The maximum atomic E-state index is 11.7. The summed E-state index contributed by atoms with van der Waals surface area (Å²) in [7, 11) is 0. The standard InChI is InChI=1S/C12H14N2O2/c1-7(2)13-12(16)10-11(15)8-5-3-4-6-9(8)14-10/h3-7,14-15H,1-2H3,(H,13,16). The number of amides is 1. The van der Waals surface area contributed by atoms with Gasteiger partial charge in [-0.3, -0.25) is 4.79 Å². The summed E-state index contributed by atoms with van der Waals surface area (Å²) in [6.45, 7) is 3.75. The Morgan fingerprint density at radius 1 is 1.38 bits per heavy atom. The van der Waals surface area contributed by atoms with Gasteiger partial charge in [0.1, 0.15) is 5.69 Å². The maximum absolute atomic E-state index is 11.7. The van der Waals surface area contributed by atoms with Crippen LogP contribution in [0.5, 0.6) is 5.75 Å². The van der Waals surface area contributed by atoms with Crippen LogP contribution in [0.15, 0.2) is 24.3 Å². The zero-order valence-electron chi connectivity index (χ0n) is 9.24. The normalized spacial score (nSPS) is 10.9. The molecule has 1 amide bonds. The first-order chi connectivity index (χ1) is 7.59. The Labute approximate surface area is 93.3 Å². The quantitative estimate of drug-likeness (QED) is 0.722. The van der Waals surface area contributed by atoms with E-state index in [1.54, 1.807) is 6.07 Å². The Hall–Kier alpha value is -1.97. The van der Waals surface area contributed by atoms with Crippen molar-refractivity contribution in [3.8, 4) is 5.75 Å². The van der Waals surface area contributed by atoms with Crippen LogP contribution in [-0.2, 0) is 0 Å². The number of benzene rings is 1. The average Bonchev–Trinajstić information content (AvgIpc) is 2.56. The lowest BCUT2D eigenvalue weighted by Crippen LogP contribution is -2.30. The Morgan fingerprint density at radius 2 is 2.06 bits per heavy atom. The van der Waals surface area contributed by atoms with E-state index in [1.807, 2.05) is 32.0 Å². The number of hydrogen-bond acceptors (Lipinski definition) is 2. The number of carbonyl (C=O) groups excluding carboxylic acids is 1. The van der Waals surface area contributed by atoms with Crippen molar-refractivity contribution in [2.24, 2.45) is 0 Å². The van der Waals surface area contributed by atoms with Crippen LogP contribution in [0.2, 0.25) is 0 Å². The van der Waals surface area contributed by atoms with Crippen molar-refractivity contribution in [3.63, 3.8) is 0 Å². The molecule has 16 heavy (non-hydrogen) atoms. The van der Waals surface area contributed by atoms with Crippen LogP contribution in [-0.4, -0.2) is 22.0 Å². The summed E-state index contributed by atoms with van der Waals surface area (Å²) in [5.74, 6) is -0.280. The summed E-state index contributed by atoms with van der Waals surface area (Å²) in [4.78, 5) is 14.7. The van der Waals surface area contributed by atoms with Crippen LogP contribution < -0.4 is 5.32 Å². The van der Waals surface area contributed by atoms with Crippen LogP contribution in [0, 0.1) is 0 Å². The number of para-hydroxylation sites is 1. The number of aromatic amines is 1. The summed E-state index contributed by atoms with van der Waals surface area (Å²) in [5, 5.41) is 13.3. The second-order valence-electron chi connectivity index (χ2n) is 4.02. The maximum Gasteiger partial charge on any atom is 0.271 e. The molecule has 0 saturated heterocycles. The molecule has 0 atom stereocenters. The second kappa shape index (κ2) is 3.89. The van der Waals surface area contributed by atoms with E-state index in [-0.39, 0.29) is 23.4 Å². The molecule has 4 nitrogen and oxygen atoms in total. The minimum absolute atomic E-state index is 0.00810. The van der Waals surface area contributed by atoms with Crippen LogP contribution in [0.4, 0.5) is 0 Å². The number of nitrogens with one attached hydrogen (secondary N) is 2. The van der Waals surface area contributed by atoms with Crippen LogP contribution in [0.1, 0.15) is 24.3 Å². The number of rotatable bonds is 2. The highest BCUT2D eigenvalue weighted by atomic mass is 16.3. The lowest BCUT2D eigenvalue weighted by atomic mass is 10.2. The zero-order chi connectivity index (χ0) is 11.7. The summed E-state index contributed by atoms with van der Waals surface area (Å²) in [6, 6.07) is 7.30. The highest BCUT2D eigenvalue weighted by Gasteiger charge is 2.17. The molecule has 0 aliphatic heterocycles. The topological polar surface area (TPSA) is 65.1 Å². The first kappa shape index (κ1) is 10.5. The first-order valence-corrected chi connectivity index (χ1v) is 5.20. The molecule has 0 radical (unpaired) electrons. The van der Waals surface area contributed by atoms with Crippen molar-refractivity contribution >= 4 is 16.8 Å². The molecule has 0 bridgehead atoms. The molecule has 0 unspecified atom stereocenters. The summed E-state index contributed by atoms with van der Waals surface area (Å²) >= 11 is 0. The molecule has 1 aromatic heterocycles. The zero-order valence-corrected chi connectivity index (χ0v) is 9.24. The minimum Gasteiger partial charge on any atom is -0.505 e. The number of hydrogen-bond donors (Lipinski definition) is 3. The molecule has 0 aliphatic rings. The van der Waals surface area contributed by atoms with Crippen LogP contribution in [0.3, 0.4) is 0 Å². The second-order valence-corrected chi connectivity index (χ2v) is 4.02. The lowest BCUT2D eigenvalue weighted by Gasteiger charge is -2.06. The minimum atomic E-state index is -0.288. The van der Waals surface area contributed by atoms with Crippen LogP contribution >= 0.6 is 0 Å². The van der Waals surface area contributed by atoms with Crippen LogP contribution in [0.25, 0.3) is 10.9 Å². The summed E-state index contributed by atoms with van der Waals surface area (Å²) in [6.07, 6.45) is 0. The number of H-pyrrole nitrogens is 1. The number of aromatic nitrogens is 1. The largest absolute Gasteiger partial charge is 0.505 e. The van der Waals surface area contributed by atoms with Gasteiger partial charge in [0.25, 0.3) is 5.91 Å². The molecule has 2 aromatic rings. The van der Waals surface area contributed by atoms with E-state index in [9.17, 15) is 9.90 Å². The fourth-order valence-corrected chi connectivity index (χ4v) is 1.63. The molecule has 3 N–H and O–H groups in total. The van der Waals surface area contributed by atoms with Crippen molar-refractivity contribution in [1.29, 1.82) is 0 Å². The van der Waals surface area contributed by atoms with E-state index in [0.29, 0.717) is 5.39 Å². The first-order valence-electron chi connectivity index (χ1n) is 5.20. The van der Waals surface area contributed by atoms with Crippen molar-refractivity contribution in [2.75, 3.05) is 0 Å². The van der Waals surface area contributed by atoms with Gasteiger partial charge < -0.3 is 15.4 Å². The fourth-order valence-electron chi connectivity index (χ4n) is 1.63. The smallest absolute Gasteiger partial charge is 0.271 e. The Kier molecular flexibility index (Phi) is 2.56. The summed E-state index contributed by atoms with van der Waals surface area (Å²) < 4.78 is 0. The molecular formula is C12H14N2O2. The molecule has 1 heterocycles. The van der Waals surface area contributed by atoms with Gasteiger partial charge >= 0.3 is 0 Å². The van der Waals surface area contributed by atoms with Gasteiger partial charge in [-0.2, -0.15) is 0 Å². The molecule has 0 saturated carbocycles. The Morgan fingerprint density at radius 3 is 2.69 bits per heavy atom. The van der Waals surface area contributed by atoms with E-state index in [0.717, 1.165) is 5.52 Å². The van der Waals surface area contributed by atoms with E-state index in [1.165, 1.54) is 0 Å². The van der Waals surface area contributed by atoms with Gasteiger partial charge in [-0.25, -0.2) is 0 Å². The summed E-state index contributed by atoms with van der Waals surface area (Å²) in [5.41, 5.74) is 0.976. The van der Waals surface area contributed by atoms with Gasteiger partial charge in [-0.05, 0) is 26.0 Å². The Bertz CT molecular complexity index is 529. The van der Waals surface area contributed by atoms with Crippen molar-refractivity contribution in [2.45, 2.75) is 19.9 Å². The lowest BCUT2D eigenvalue weighted by molar-refractivity contribution is 0.0936. The third-order valence-corrected chi connectivity index (χ3v) is 2.33. The van der Waals surface area contributed by atoms with Gasteiger partial charge in [0, 0.05) is 16.9 Å². The number of aromatic hydroxyl groups is 1. The molecule has 84 valence electrons. The SMILES string of the molecule is CC(C)NC(=O)c1[nH]c2ccccc2c1O. The van der Waals surface area contributed by atoms with Gasteiger partial charge in [-0.1, -0.05) is 12.1 Å². The van der Waals surface area contributed by atoms with Gasteiger partial charge in [0.15, 0.2) is 5.75 Å². The predicted octanol–water partition coefficient (Wildman–Crippen LogP) is 2.01. The Balaban J connectivity index is 2.45.